The predicted octanol–water partition coefficient (Wildman–Crippen LogP) is 5.84. The number of aromatic nitrogens is 2. The number of imidazole rings is 1. The number of para-hydroxylation sites is 2. The van der Waals surface area contributed by atoms with Crippen molar-refractivity contribution in [3.63, 3.8) is 0 Å². The van der Waals surface area contributed by atoms with Crippen LogP contribution in [0, 0.1) is 12.8 Å². The van der Waals surface area contributed by atoms with E-state index < -0.39 is 0 Å². The van der Waals surface area contributed by atoms with Crippen LogP contribution in [0.3, 0.4) is 0 Å². The molecule has 0 bridgehead atoms. The number of carbonyl (C=O) groups excluding carboxylic acids is 1. The molecule has 2 heterocycles. The average Bonchev–Trinajstić information content (AvgIpc) is 3.03. The van der Waals surface area contributed by atoms with Crippen LogP contribution in [0.4, 0.5) is 11.4 Å². The van der Waals surface area contributed by atoms with E-state index >= 15 is 0 Å². The zero-order valence-corrected chi connectivity index (χ0v) is 17.9. The second-order valence-electron chi connectivity index (χ2n) is 7.27. The third kappa shape index (κ3) is 3.84. The maximum absolute atomic E-state index is 13.2. The van der Waals surface area contributed by atoms with Crippen molar-refractivity contribution in [1.82, 2.24) is 9.97 Å². The molecule has 0 unspecified atom stereocenters. The summed E-state index contributed by atoms with van der Waals surface area (Å²) in [6.07, 6.45) is 0.945. The maximum atomic E-state index is 13.2. The molecule has 1 aliphatic heterocycles. The fourth-order valence-corrected chi connectivity index (χ4v) is 5.14. The Morgan fingerprint density at radius 1 is 1.11 bits per heavy atom. The Bertz CT molecular complexity index is 967. The lowest BCUT2D eigenvalue weighted by Crippen LogP contribution is -2.30. The standard InChI is InChI=1S/C22H23N3OS2/c1-14(2)12-16-15(3)23-22(24-16)27-13-21(26)25-17-8-4-6-10-19(17)28-20-11-7-5-9-18(20)25/h4-11,14H,12-13H2,1-3H3,(H,23,24). The van der Waals surface area contributed by atoms with E-state index in [1.165, 1.54) is 11.8 Å². The van der Waals surface area contributed by atoms with Gasteiger partial charge in [-0.15, -0.1) is 0 Å². The number of rotatable bonds is 5. The second-order valence-corrected chi connectivity index (χ2v) is 9.31. The van der Waals surface area contributed by atoms with Crippen LogP contribution in [0.15, 0.2) is 63.5 Å². The number of hydrogen-bond acceptors (Lipinski definition) is 4. The highest BCUT2D eigenvalue weighted by molar-refractivity contribution is 8.00. The summed E-state index contributed by atoms with van der Waals surface area (Å²) in [5.41, 5.74) is 4.09. The molecular formula is C22H23N3OS2. The Morgan fingerprint density at radius 3 is 2.32 bits per heavy atom. The van der Waals surface area contributed by atoms with Crippen molar-refractivity contribution in [3.05, 3.63) is 59.9 Å². The number of H-pyrrole nitrogens is 1. The minimum Gasteiger partial charge on any atom is -0.337 e. The van der Waals surface area contributed by atoms with E-state index in [4.69, 9.17) is 0 Å². The lowest BCUT2D eigenvalue weighted by molar-refractivity contribution is -0.115. The lowest BCUT2D eigenvalue weighted by Gasteiger charge is -2.30. The number of hydrogen-bond donors (Lipinski definition) is 1. The molecule has 144 valence electrons. The first-order chi connectivity index (χ1) is 13.5. The molecule has 1 aliphatic rings. The van der Waals surface area contributed by atoms with Crippen LogP contribution in [0.1, 0.15) is 25.2 Å². The molecule has 0 atom stereocenters. The molecule has 1 N–H and O–H groups in total. The van der Waals surface area contributed by atoms with Gasteiger partial charge in [0.25, 0.3) is 0 Å². The SMILES string of the molecule is Cc1[nH]c(SCC(=O)N2c3ccccc3Sc3ccccc32)nc1CC(C)C. The number of fused-ring (bicyclic) bond motifs is 2. The van der Waals surface area contributed by atoms with Crippen molar-refractivity contribution in [2.24, 2.45) is 5.92 Å². The van der Waals surface area contributed by atoms with Gasteiger partial charge in [0.2, 0.25) is 5.91 Å². The highest BCUT2D eigenvalue weighted by Gasteiger charge is 2.27. The summed E-state index contributed by atoms with van der Waals surface area (Å²) in [5.74, 6) is 0.950. The van der Waals surface area contributed by atoms with Crippen LogP contribution in [0.25, 0.3) is 0 Å². The molecule has 0 fully saturated rings. The van der Waals surface area contributed by atoms with Crippen molar-refractivity contribution in [2.75, 3.05) is 10.7 Å². The van der Waals surface area contributed by atoms with Gasteiger partial charge in [-0.05, 0) is 43.5 Å². The molecule has 0 saturated heterocycles. The quantitative estimate of drug-likeness (QED) is 0.538. The molecular weight excluding hydrogens is 386 g/mol. The van der Waals surface area contributed by atoms with Gasteiger partial charge >= 0.3 is 0 Å². The van der Waals surface area contributed by atoms with Gasteiger partial charge in [-0.1, -0.05) is 61.6 Å². The maximum Gasteiger partial charge on any atom is 0.242 e. The van der Waals surface area contributed by atoms with Crippen LogP contribution in [-0.2, 0) is 11.2 Å². The zero-order valence-electron chi connectivity index (χ0n) is 16.2. The Hall–Kier alpha value is -2.18. The Kier molecular flexibility index (Phi) is 5.51. The summed E-state index contributed by atoms with van der Waals surface area (Å²) in [7, 11) is 0. The first-order valence-electron chi connectivity index (χ1n) is 9.40. The van der Waals surface area contributed by atoms with Gasteiger partial charge < -0.3 is 4.98 Å². The summed E-state index contributed by atoms with van der Waals surface area (Å²) >= 11 is 3.18. The largest absolute Gasteiger partial charge is 0.337 e. The molecule has 0 aliphatic carbocycles. The first kappa shape index (κ1) is 19.2. The summed E-state index contributed by atoms with van der Waals surface area (Å²) in [6, 6.07) is 16.1. The highest BCUT2D eigenvalue weighted by Crippen LogP contribution is 2.48. The number of nitrogens with zero attached hydrogens (tertiary/aromatic N) is 2. The van der Waals surface area contributed by atoms with Crippen molar-refractivity contribution in [2.45, 2.75) is 42.1 Å². The van der Waals surface area contributed by atoms with Crippen molar-refractivity contribution < 1.29 is 4.79 Å². The number of amides is 1. The van der Waals surface area contributed by atoms with E-state index in [9.17, 15) is 4.79 Å². The van der Waals surface area contributed by atoms with Crippen LogP contribution >= 0.6 is 23.5 Å². The van der Waals surface area contributed by atoms with E-state index in [1.54, 1.807) is 11.8 Å². The molecule has 3 aromatic rings. The summed E-state index contributed by atoms with van der Waals surface area (Å²) in [6.45, 7) is 6.42. The monoisotopic (exact) mass is 409 g/mol. The molecule has 0 saturated carbocycles. The third-order valence-corrected chi connectivity index (χ3v) is 6.57. The van der Waals surface area contributed by atoms with Crippen LogP contribution in [-0.4, -0.2) is 21.6 Å². The smallest absolute Gasteiger partial charge is 0.242 e. The number of benzene rings is 2. The zero-order chi connectivity index (χ0) is 19.7. The third-order valence-electron chi connectivity index (χ3n) is 4.58. The molecule has 28 heavy (non-hydrogen) atoms. The van der Waals surface area contributed by atoms with Crippen molar-refractivity contribution >= 4 is 40.8 Å². The number of anilines is 2. The number of nitrogens with one attached hydrogen (secondary N) is 1. The molecule has 4 rings (SSSR count). The first-order valence-corrected chi connectivity index (χ1v) is 11.2. The molecule has 6 heteroatoms. The van der Waals surface area contributed by atoms with Gasteiger partial charge in [0.1, 0.15) is 0 Å². The number of thioether (sulfide) groups is 1. The van der Waals surface area contributed by atoms with Gasteiger partial charge in [-0.2, -0.15) is 0 Å². The minimum absolute atomic E-state index is 0.0599. The average molecular weight is 410 g/mol. The topological polar surface area (TPSA) is 49.0 Å². The van der Waals surface area contributed by atoms with Gasteiger partial charge in [0.15, 0.2) is 5.16 Å². The highest BCUT2D eigenvalue weighted by atomic mass is 32.2. The van der Waals surface area contributed by atoms with Gasteiger partial charge in [0, 0.05) is 15.5 Å². The summed E-state index contributed by atoms with van der Waals surface area (Å²) < 4.78 is 0. The summed E-state index contributed by atoms with van der Waals surface area (Å²) in [5, 5.41) is 0.814. The lowest BCUT2D eigenvalue weighted by atomic mass is 10.1. The fraction of sp³-hybridized carbons (Fsp3) is 0.273. The van der Waals surface area contributed by atoms with E-state index in [0.29, 0.717) is 11.7 Å². The minimum atomic E-state index is 0.0599. The summed E-state index contributed by atoms with van der Waals surface area (Å²) in [4.78, 5) is 25.3. The predicted molar refractivity (Wildman–Crippen MR) is 117 cm³/mol. The number of aromatic amines is 1. The van der Waals surface area contributed by atoms with Gasteiger partial charge in [-0.25, -0.2) is 4.98 Å². The molecule has 2 aromatic carbocycles. The second kappa shape index (κ2) is 8.05. The molecule has 1 amide bonds. The van der Waals surface area contributed by atoms with Crippen LogP contribution in [0.2, 0.25) is 0 Å². The number of carbonyl (C=O) groups is 1. The molecule has 1 aromatic heterocycles. The van der Waals surface area contributed by atoms with E-state index in [0.717, 1.165) is 44.1 Å². The fourth-order valence-electron chi connectivity index (χ4n) is 3.29. The molecule has 4 nitrogen and oxygen atoms in total. The Labute approximate surface area is 174 Å². The number of aryl methyl sites for hydroxylation is 1. The van der Waals surface area contributed by atoms with E-state index in [1.807, 2.05) is 48.2 Å². The molecule has 0 spiro atoms. The van der Waals surface area contributed by atoms with E-state index in [2.05, 4.69) is 35.9 Å². The van der Waals surface area contributed by atoms with Crippen molar-refractivity contribution in [3.8, 4) is 0 Å². The van der Waals surface area contributed by atoms with Gasteiger partial charge in [-0.3, -0.25) is 9.69 Å². The Morgan fingerprint density at radius 2 is 1.71 bits per heavy atom. The van der Waals surface area contributed by atoms with Crippen LogP contribution in [0.5, 0.6) is 0 Å². The van der Waals surface area contributed by atoms with Crippen LogP contribution < -0.4 is 4.90 Å². The van der Waals surface area contributed by atoms with E-state index in [-0.39, 0.29) is 5.91 Å². The van der Waals surface area contributed by atoms with Crippen molar-refractivity contribution in [1.29, 1.82) is 0 Å². The normalized spacial score (nSPS) is 12.8. The molecule has 0 radical (unpaired) electrons. The van der Waals surface area contributed by atoms with Gasteiger partial charge in [0.05, 0.1) is 22.8 Å². The Balaban J connectivity index is 1.56.